The molecular weight excluding hydrogens is 461 g/mol. The van der Waals surface area contributed by atoms with Gasteiger partial charge in [-0.05, 0) is 36.1 Å². The first kappa shape index (κ1) is 21.1. The van der Waals surface area contributed by atoms with Crippen LogP contribution in [0.3, 0.4) is 0 Å². The number of piperidine rings is 1. The number of ether oxygens (including phenoxy) is 2. The molecule has 4 aliphatic rings. The molecule has 7 rings (SSSR count). The van der Waals surface area contributed by atoms with Gasteiger partial charge in [0.05, 0.1) is 24.3 Å². The number of alkyl halides is 3. The van der Waals surface area contributed by atoms with Gasteiger partial charge in [-0.3, -0.25) is 4.79 Å². The molecule has 2 bridgehead atoms. The summed E-state index contributed by atoms with van der Waals surface area (Å²) in [6, 6.07) is 10.6. The van der Waals surface area contributed by atoms with E-state index in [4.69, 9.17) is 9.47 Å². The molecule has 182 valence electrons. The van der Waals surface area contributed by atoms with Crippen molar-refractivity contribution >= 4 is 16.8 Å². The SMILES string of the molecule is COc1ccc2c3c1O[C@H]1c4[nH]c5ccccc5c4C[C@@]4(O)[C@@H](C2)N(C(=O)CC(F)(F)F)CC[C@]314. The molecular formula is C26H23F3N2O4. The van der Waals surface area contributed by atoms with Gasteiger partial charge in [-0.25, -0.2) is 0 Å². The van der Waals surface area contributed by atoms with E-state index < -0.39 is 41.7 Å². The van der Waals surface area contributed by atoms with Gasteiger partial charge in [0.25, 0.3) is 0 Å². The molecule has 0 radical (unpaired) electrons. The molecule has 4 atom stereocenters. The van der Waals surface area contributed by atoms with Crippen LogP contribution in [0.15, 0.2) is 36.4 Å². The maximum Gasteiger partial charge on any atom is 0.397 e. The number of benzene rings is 2. The molecule has 6 nitrogen and oxygen atoms in total. The minimum absolute atomic E-state index is 0.118. The van der Waals surface area contributed by atoms with Crippen molar-refractivity contribution in [1.82, 2.24) is 9.88 Å². The van der Waals surface area contributed by atoms with Gasteiger partial charge in [-0.2, -0.15) is 13.2 Å². The highest BCUT2D eigenvalue weighted by Gasteiger charge is 2.73. The van der Waals surface area contributed by atoms with Crippen LogP contribution in [0.2, 0.25) is 0 Å². The Labute approximate surface area is 198 Å². The lowest BCUT2D eigenvalue weighted by molar-refractivity contribution is -0.192. The van der Waals surface area contributed by atoms with Crippen LogP contribution in [-0.2, 0) is 23.1 Å². The van der Waals surface area contributed by atoms with E-state index >= 15 is 0 Å². The summed E-state index contributed by atoms with van der Waals surface area (Å²) in [5.74, 6) is 0.137. The number of likely N-dealkylation sites (tertiary alicyclic amines) is 1. The number of hydrogen-bond donors (Lipinski definition) is 2. The number of methoxy groups -OCH3 is 1. The second-order valence-electron chi connectivity index (χ2n) is 10.1. The number of fused-ring (bicyclic) bond motifs is 4. The molecule has 0 saturated carbocycles. The Kier molecular flexibility index (Phi) is 3.93. The van der Waals surface area contributed by atoms with Crippen LogP contribution >= 0.6 is 0 Å². The zero-order valence-electron chi connectivity index (χ0n) is 18.9. The molecule has 1 saturated heterocycles. The van der Waals surface area contributed by atoms with Crippen LogP contribution in [0.25, 0.3) is 10.9 Å². The normalized spacial score (nSPS) is 30.0. The number of hydrogen-bond acceptors (Lipinski definition) is 4. The van der Waals surface area contributed by atoms with Crippen molar-refractivity contribution in [2.45, 2.75) is 55.0 Å². The van der Waals surface area contributed by atoms with Gasteiger partial charge in [-0.15, -0.1) is 0 Å². The Hall–Kier alpha value is -3.20. The van der Waals surface area contributed by atoms with Crippen molar-refractivity contribution in [1.29, 1.82) is 0 Å². The lowest BCUT2D eigenvalue weighted by Crippen LogP contribution is -2.75. The zero-order chi connectivity index (χ0) is 24.3. The van der Waals surface area contributed by atoms with Gasteiger partial charge in [0.2, 0.25) is 5.91 Å². The molecule has 35 heavy (non-hydrogen) atoms. The number of rotatable bonds is 2. The van der Waals surface area contributed by atoms with Crippen LogP contribution in [0.5, 0.6) is 11.5 Å². The van der Waals surface area contributed by atoms with E-state index in [2.05, 4.69) is 4.98 Å². The van der Waals surface area contributed by atoms with Gasteiger partial charge in [0.1, 0.15) is 12.0 Å². The van der Waals surface area contributed by atoms with Crippen molar-refractivity contribution in [2.24, 2.45) is 0 Å². The van der Waals surface area contributed by atoms with Crippen molar-refractivity contribution in [3.63, 3.8) is 0 Å². The smallest absolute Gasteiger partial charge is 0.397 e. The van der Waals surface area contributed by atoms with Gasteiger partial charge < -0.3 is 24.5 Å². The molecule has 2 aliphatic carbocycles. The number of aliphatic hydroxyl groups is 1. The van der Waals surface area contributed by atoms with Gasteiger partial charge >= 0.3 is 6.18 Å². The Balaban J connectivity index is 1.48. The first-order valence-electron chi connectivity index (χ1n) is 11.7. The second-order valence-corrected chi connectivity index (χ2v) is 10.1. The number of carbonyl (C=O) groups is 1. The predicted molar refractivity (Wildman–Crippen MR) is 119 cm³/mol. The fraction of sp³-hybridized carbons (Fsp3) is 0.423. The first-order valence-corrected chi connectivity index (χ1v) is 11.7. The number of halogens is 3. The predicted octanol–water partition coefficient (Wildman–Crippen LogP) is 3.94. The van der Waals surface area contributed by atoms with Crippen LogP contribution in [0.4, 0.5) is 13.2 Å². The average Bonchev–Trinajstić information content (AvgIpc) is 3.33. The molecule has 0 unspecified atom stereocenters. The van der Waals surface area contributed by atoms with E-state index in [-0.39, 0.29) is 25.8 Å². The summed E-state index contributed by atoms with van der Waals surface area (Å²) >= 11 is 0. The van der Waals surface area contributed by atoms with E-state index in [1.165, 1.54) is 4.90 Å². The number of amides is 1. The standard InChI is InChI=1S/C26H23F3N2O4/c1-34-17-7-6-13-10-18-25(33)11-15-14-4-2-3-5-16(14)30-21(15)23-24(25,20(13)22(17)35-23)8-9-31(18)19(32)12-26(27,28)29/h2-7,18,23,30,33H,8-12H2,1H3/t18-,23+,24+,25-/m1/s1. The summed E-state index contributed by atoms with van der Waals surface area (Å²) in [4.78, 5) is 17.6. The summed E-state index contributed by atoms with van der Waals surface area (Å²) in [7, 11) is 1.56. The van der Waals surface area contributed by atoms with E-state index in [0.29, 0.717) is 11.5 Å². The zero-order valence-corrected chi connectivity index (χ0v) is 18.9. The van der Waals surface area contributed by atoms with Gasteiger partial charge in [-0.1, -0.05) is 24.3 Å². The van der Waals surface area contributed by atoms with Crippen molar-refractivity contribution < 1.29 is 32.5 Å². The second kappa shape index (κ2) is 6.51. The summed E-state index contributed by atoms with van der Waals surface area (Å²) in [5.41, 5.74) is 2.00. The van der Waals surface area contributed by atoms with E-state index in [1.54, 1.807) is 13.2 Å². The maximum atomic E-state index is 13.2. The molecule has 3 aromatic rings. The summed E-state index contributed by atoms with van der Waals surface area (Å²) < 4.78 is 51.8. The Morgan fingerprint density at radius 2 is 2.09 bits per heavy atom. The van der Waals surface area contributed by atoms with Crippen molar-refractivity contribution in [3.8, 4) is 11.5 Å². The fourth-order valence-corrected chi connectivity index (χ4v) is 7.36. The Morgan fingerprint density at radius 3 is 2.86 bits per heavy atom. The molecule has 1 spiro atoms. The quantitative estimate of drug-likeness (QED) is 0.578. The number of carbonyl (C=O) groups excluding carboxylic acids is 1. The molecule has 9 heteroatoms. The number of nitrogens with one attached hydrogen (secondary N) is 1. The molecule has 1 fully saturated rings. The number of para-hydroxylation sites is 1. The van der Waals surface area contributed by atoms with Crippen molar-refractivity contribution in [3.05, 3.63) is 58.8 Å². The first-order chi connectivity index (χ1) is 16.7. The third kappa shape index (κ3) is 2.47. The number of aromatic nitrogens is 1. The molecule has 2 aliphatic heterocycles. The third-order valence-corrected chi connectivity index (χ3v) is 8.64. The Bertz CT molecular complexity index is 1420. The molecule has 2 aromatic carbocycles. The lowest BCUT2D eigenvalue weighted by Gasteiger charge is -2.62. The van der Waals surface area contributed by atoms with Crippen molar-refractivity contribution in [2.75, 3.05) is 13.7 Å². The highest BCUT2D eigenvalue weighted by Crippen LogP contribution is 2.69. The minimum Gasteiger partial charge on any atom is -0.493 e. The molecule has 2 N–H and O–H groups in total. The van der Waals surface area contributed by atoms with Crippen LogP contribution in [-0.4, -0.2) is 52.4 Å². The molecule has 1 amide bonds. The summed E-state index contributed by atoms with van der Waals surface area (Å²) in [6.07, 6.45) is -5.97. The molecule has 3 heterocycles. The fourth-order valence-electron chi connectivity index (χ4n) is 7.36. The number of aromatic amines is 1. The largest absolute Gasteiger partial charge is 0.493 e. The highest BCUT2D eigenvalue weighted by molar-refractivity contribution is 5.86. The van der Waals surface area contributed by atoms with Crippen LogP contribution in [0, 0.1) is 0 Å². The van der Waals surface area contributed by atoms with Crippen LogP contribution < -0.4 is 9.47 Å². The van der Waals surface area contributed by atoms with Crippen LogP contribution in [0.1, 0.15) is 41.3 Å². The van der Waals surface area contributed by atoms with E-state index in [9.17, 15) is 23.1 Å². The maximum absolute atomic E-state index is 13.2. The third-order valence-electron chi connectivity index (χ3n) is 8.64. The highest BCUT2D eigenvalue weighted by atomic mass is 19.4. The number of nitrogens with zero attached hydrogens (tertiary/aromatic N) is 1. The number of H-pyrrole nitrogens is 1. The van der Waals surface area contributed by atoms with Gasteiger partial charge in [0, 0.05) is 29.4 Å². The lowest BCUT2D eigenvalue weighted by atomic mass is 9.49. The average molecular weight is 484 g/mol. The Morgan fingerprint density at radius 1 is 1.29 bits per heavy atom. The summed E-state index contributed by atoms with van der Waals surface area (Å²) in [6.45, 7) is 0.118. The molecule has 1 aromatic heterocycles. The van der Waals surface area contributed by atoms with E-state index in [1.807, 2.05) is 30.3 Å². The minimum atomic E-state index is -4.61. The monoisotopic (exact) mass is 484 g/mol. The topological polar surface area (TPSA) is 74.8 Å². The summed E-state index contributed by atoms with van der Waals surface area (Å²) in [5, 5.41) is 13.5. The van der Waals surface area contributed by atoms with Gasteiger partial charge in [0.15, 0.2) is 17.6 Å². The van der Waals surface area contributed by atoms with E-state index in [0.717, 1.165) is 33.3 Å².